The van der Waals surface area contributed by atoms with E-state index >= 15 is 0 Å². The number of nitrogens with one attached hydrogen (secondary N) is 2. The Labute approximate surface area is 573 Å². The molecule has 30 nitrogen and oxygen atoms in total. The molecule has 6 aliphatic rings. The monoisotopic (exact) mass is 1400 g/mol. The second-order valence-corrected chi connectivity index (χ2v) is 26.6. The number of fused-ring (bicyclic) bond motifs is 2. The maximum Gasteiger partial charge on any atom is 0.341 e. The van der Waals surface area contributed by atoms with E-state index < -0.39 is 195 Å². The standard InChI is InChI=1S/C70H89N3O27/c1-4-13-45(64(85)73-22-12-23-73)92-60-54(79)50(31-75)98-70(61(60)99-65(86)36-14-6-5-7-15-36)96-48-29-39(24-34(2)58(48)100-68-56(81)55(80)51(76)35(3)91-68)62(83)71-20-21-72-63(84)40-27-46(89-32-41-25-37-16-8-10-18-43(37)93-66(41)87)52(77)47(28-40)95-69-57(82)59(53(78)49(30-74)97-69)90-33-42-26-38-17-9-11-19-44(38)94-67(42)88/h5-11,14-19,25-26,34-35,39-40,45-61,68-70,74-82H,4,12-13,20-24,27-33H2,1-3H3,(H,71,83)(H,72,84)/t34?,35?,39?,40?,45-,46?,47+,48+,49?,50?,51+,52?,53-,54-,55?,56?,57?,58?,59?,60?,61?,68-,69+,70+/m0/s1. The summed E-state index contributed by atoms with van der Waals surface area (Å²) >= 11 is 0. The van der Waals surface area contributed by atoms with Gasteiger partial charge >= 0.3 is 17.2 Å². The van der Waals surface area contributed by atoms with Gasteiger partial charge in [-0.05, 0) is 87.8 Å². The molecule has 3 amide bonds. The van der Waals surface area contributed by atoms with Crippen LogP contribution in [0.4, 0.5) is 0 Å². The molecule has 546 valence electrons. The summed E-state index contributed by atoms with van der Waals surface area (Å²) in [5.41, 5.74) is -0.567. The minimum absolute atomic E-state index is 0.0504. The van der Waals surface area contributed by atoms with Crippen LogP contribution in [0, 0.1) is 17.8 Å². The van der Waals surface area contributed by atoms with Crippen LogP contribution in [0.3, 0.4) is 0 Å². The molecule has 30 heteroatoms. The quantitative estimate of drug-likeness (QED) is 0.0196. The molecule has 4 aliphatic heterocycles. The van der Waals surface area contributed by atoms with Gasteiger partial charge in [-0.15, -0.1) is 0 Å². The fourth-order valence-corrected chi connectivity index (χ4v) is 13.8. The SMILES string of the molecule is CCC[C@H](OC1C(OC(=O)c2ccccc2)[C@H](O[C@@H]2CC(C(=O)NCCNC(=O)C3CC(OCc4cc5ccccc5oc4=O)C(O)[C@H](O[C@@H]4OC(CO)[C@H](O)C(OCc5cc6ccccc6oc5=O)C4O)C3)CC(C)C2O[C@@H]2OC(C)[C@@H](O)C(O)C2O)OC(CO)[C@@H]1O)C(=O)N1CCC1. The molecular weight excluding hydrogens is 1310 g/mol. The zero-order valence-corrected chi connectivity index (χ0v) is 55.4. The van der Waals surface area contributed by atoms with Gasteiger partial charge in [-0.25, -0.2) is 14.4 Å². The number of benzene rings is 3. The lowest BCUT2D eigenvalue weighted by Crippen LogP contribution is -2.64. The molecule has 2 aliphatic carbocycles. The lowest BCUT2D eigenvalue weighted by molar-refractivity contribution is -0.349. The van der Waals surface area contributed by atoms with Crippen LogP contribution in [-0.4, -0.2) is 243 Å². The van der Waals surface area contributed by atoms with Crippen LogP contribution in [0.15, 0.2) is 109 Å². The van der Waals surface area contributed by atoms with Gasteiger partial charge in [0.2, 0.25) is 11.8 Å². The summed E-state index contributed by atoms with van der Waals surface area (Å²) in [6.45, 7) is 3.25. The van der Waals surface area contributed by atoms with Crippen LogP contribution < -0.4 is 21.9 Å². The Morgan fingerprint density at radius 2 is 1.10 bits per heavy atom. The first-order valence-electron chi connectivity index (χ1n) is 34.1. The normalized spacial score (nSPS) is 34.2. The topological polar surface area (TPSA) is 430 Å². The van der Waals surface area contributed by atoms with Gasteiger partial charge < -0.3 is 118 Å². The first-order chi connectivity index (χ1) is 48.1. The summed E-state index contributed by atoms with van der Waals surface area (Å²) in [5, 5.41) is 108. The van der Waals surface area contributed by atoms with E-state index in [-0.39, 0.29) is 74.4 Å². The number of aliphatic hydroxyl groups is 9. The first-order valence-corrected chi connectivity index (χ1v) is 34.1. The summed E-state index contributed by atoms with van der Waals surface area (Å²) in [4.78, 5) is 84.6. The molecule has 24 atom stereocenters. The third kappa shape index (κ3) is 17.0. The number of para-hydroxylation sites is 2. The Hall–Kier alpha value is -6.76. The molecule has 0 spiro atoms. The highest BCUT2D eigenvalue weighted by Crippen LogP contribution is 2.40. The van der Waals surface area contributed by atoms with Crippen molar-refractivity contribution in [3.8, 4) is 0 Å². The molecule has 11 rings (SSSR count). The summed E-state index contributed by atoms with van der Waals surface area (Å²) in [6, 6.07) is 24.5. The number of carbonyl (C=O) groups is 4. The third-order valence-electron chi connectivity index (χ3n) is 19.6. The molecule has 11 N–H and O–H groups in total. The number of rotatable bonds is 26. The van der Waals surface area contributed by atoms with Gasteiger partial charge in [0, 0.05) is 48.8 Å². The predicted molar refractivity (Wildman–Crippen MR) is 346 cm³/mol. The number of ether oxygens (including phenoxy) is 10. The summed E-state index contributed by atoms with van der Waals surface area (Å²) in [7, 11) is 0. The third-order valence-corrected chi connectivity index (χ3v) is 19.6. The van der Waals surface area contributed by atoms with Gasteiger partial charge in [0.25, 0.3) is 5.91 Å². The Bertz CT molecular complexity index is 3690. The predicted octanol–water partition coefficient (Wildman–Crippen LogP) is -0.0686. The van der Waals surface area contributed by atoms with Crippen molar-refractivity contribution in [3.05, 3.63) is 129 Å². The zero-order valence-electron chi connectivity index (χ0n) is 55.4. The minimum atomic E-state index is -1.83. The second kappa shape index (κ2) is 33.6. The van der Waals surface area contributed by atoms with Crippen molar-refractivity contribution in [1.29, 1.82) is 0 Å². The maximum absolute atomic E-state index is 14.5. The average molecular weight is 1400 g/mol. The molecule has 100 heavy (non-hydrogen) atoms. The number of hydrogen-bond donors (Lipinski definition) is 11. The smallest absolute Gasteiger partial charge is 0.341 e. The number of esters is 1. The average Bonchev–Trinajstić information content (AvgIpc) is 0.777. The van der Waals surface area contributed by atoms with Crippen molar-refractivity contribution in [2.45, 2.75) is 208 Å². The summed E-state index contributed by atoms with van der Waals surface area (Å²) in [6.07, 6.45) is -30.5. The van der Waals surface area contributed by atoms with Crippen LogP contribution in [-0.2, 0) is 75.0 Å². The lowest BCUT2D eigenvalue weighted by Gasteiger charge is -2.48. The maximum atomic E-state index is 14.5. The number of aliphatic hydroxyl groups excluding tert-OH is 9. The van der Waals surface area contributed by atoms with E-state index in [4.69, 9.17) is 56.2 Å². The number of carbonyl (C=O) groups excluding carboxylic acids is 4. The van der Waals surface area contributed by atoms with E-state index in [9.17, 15) is 74.7 Å². The van der Waals surface area contributed by atoms with Crippen molar-refractivity contribution in [3.63, 3.8) is 0 Å². The van der Waals surface area contributed by atoms with Crippen LogP contribution in [0.2, 0.25) is 0 Å². The van der Waals surface area contributed by atoms with Crippen LogP contribution in [0.25, 0.3) is 21.9 Å². The van der Waals surface area contributed by atoms with E-state index in [1.165, 1.54) is 25.1 Å². The number of likely N-dealkylation sites (tertiary alicyclic amines) is 1. The van der Waals surface area contributed by atoms with E-state index in [2.05, 4.69) is 10.6 Å². The summed E-state index contributed by atoms with van der Waals surface area (Å²) in [5.74, 6) is -4.95. The highest BCUT2D eigenvalue weighted by atomic mass is 16.8. The molecule has 4 saturated heterocycles. The van der Waals surface area contributed by atoms with E-state index in [0.29, 0.717) is 41.4 Å². The Kier molecular flexibility index (Phi) is 25.0. The molecule has 0 radical (unpaired) electrons. The Morgan fingerprint density at radius 3 is 1.70 bits per heavy atom. The Morgan fingerprint density at radius 1 is 0.560 bits per heavy atom. The Balaban J connectivity index is 0.796. The molecule has 2 aromatic heterocycles. The molecular formula is C70H89N3O27. The van der Waals surface area contributed by atoms with Gasteiger partial charge in [0.15, 0.2) is 25.0 Å². The molecule has 6 heterocycles. The van der Waals surface area contributed by atoms with Gasteiger partial charge in [0.1, 0.15) is 84.4 Å². The highest BCUT2D eigenvalue weighted by molar-refractivity contribution is 5.89. The van der Waals surface area contributed by atoms with Crippen LogP contribution in [0.5, 0.6) is 0 Å². The molecule has 3 aromatic carbocycles. The van der Waals surface area contributed by atoms with Crippen molar-refractivity contribution < 1.29 is 121 Å². The number of amides is 3. The van der Waals surface area contributed by atoms with E-state index in [0.717, 1.165) is 6.42 Å². The lowest BCUT2D eigenvalue weighted by atomic mass is 9.77. The summed E-state index contributed by atoms with van der Waals surface area (Å²) < 4.78 is 73.2. The van der Waals surface area contributed by atoms with Crippen LogP contribution in [0.1, 0.15) is 87.2 Å². The van der Waals surface area contributed by atoms with Gasteiger partial charge in [0.05, 0.1) is 73.6 Å². The highest BCUT2D eigenvalue weighted by Gasteiger charge is 2.55. The molecule has 15 unspecified atom stereocenters. The molecule has 5 aromatic rings. The molecule has 0 bridgehead atoms. The zero-order chi connectivity index (χ0) is 71.1. The largest absolute Gasteiger partial charge is 0.450 e. The first kappa shape index (κ1) is 74.4. The van der Waals surface area contributed by atoms with Gasteiger partial charge in [-0.2, -0.15) is 0 Å². The van der Waals surface area contributed by atoms with E-state index in [1.807, 2.05) is 6.92 Å². The van der Waals surface area contributed by atoms with Crippen molar-refractivity contribution in [2.24, 2.45) is 17.8 Å². The van der Waals surface area contributed by atoms with Crippen molar-refractivity contribution in [2.75, 3.05) is 39.4 Å². The van der Waals surface area contributed by atoms with Crippen molar-refractivity contribution in [1.82, 2.24) is 15.5 Å². The fraction of sp³-hybridized carbons (Fsp3) is 0.600. The fourth-order valence-electron chi connectivity index (χ4n) is 13.8. The number of nitrogens with zero attached hydrogens (tertiary/aromatic N) is 1. The van der Waals surface area contributed by atoms with Gasteiger partial charge in [-0.1, -0.05) is 74.9 Å². The van der Waals surface area contributed by atoms with Crippen LogP contribution >= 0.6 is 0 Å². The molecule has 6 fully saturated rings. The van der Waals surface area contributed by atoms with Crippen molar-refractivity contribution >= 4 is 45.6 Å². The second-order valence-electron chi connectivity index (χ2n) is 26.6. The molecule has 2 saturated carbocycles. The van der Waals surface area contributed by atoms with Gasteiger partial charge in [-0.3, -0.25) is 14.4 Å². The minimum Gasteiger partial charge on any atom is -0.450 e. The van der Waals surface area contributed by atoms with E-state index in [1.54, 1.807) is 84.6 Å². The number of hydrogen-bond acceptors (Lipinski definition) is 27.